The van der Waals surface area contributed by atoms with Crippen LogP contribution in [0.3, 0.4) is 0 Å². The fourth-order valence-electron chi connectivity index (χ4n) is 2.03. The number of hydrogen-bond acceptors (Lipinski definition) is 3. The highest BCUT2D eigenvalue weighted by Crippen LogP contribution is 2.18. The molecule has 4 nitrogen and oxygen atoms in total. The fraction of sp³-hybridized carbons (Fsp3) is 0.294. The Balaban J connectivity index is 2.19. The second kappa shape index (κ2) is 6.99. The molecule has 110 valence electrons. The van der Waals surface area contributed by atoms with Crippen molar-refractivity contribution >= 4 is 5.91 Å². The van der Waals surface area contributed by atoms with Crippen molar-refractivity contribution in [2.45, 2.75) is 19.9 Å². The Hall–Kier alpha value is -2.20. The van der Waals surface area contributed by atoms with Gasteiger partial charge in [0.2, 0.25) is 0 Å². The van der Waals surface area contributed by atoms with Crippen LogP contribution in [0.25, 0.3) is 11.1 Å². The molecule has 0 aliphatic rings. The molecule has 2 rings (SSSR count). The van der Waals surface area contributed by atoms with E-state index < -0.39 is 0 Å². The number of pyridine rings is 1. The van der Waals surface area contributed by atoms with E-state index in [-0.39, 0.29) is 24.5 Å². The summed E-state index contributed by atoms with van der Waals surface area (Å²) < 4.78 is 0. The Labute approximate surface area is 124 Å². The first-order chi connectivity index (χ1) is 10.1. The molecule has 1 atom stereocenters. The molecule has 0 saturated heterocycles. The molecule has 0 fully saturated rings. The van der Waals surface area contributed by atoms with Gasteiger partial charge in [-0.25, -0.2) is 0 Å². The van der Waals surface area contributed by atoms with Crippen LogP contribution < -0.4 is 5.32 Å². The van der Waals surface area contributed by atoms with Crippen molar-refractivity contribution in [1.82, 2.24) is 10.3 Å². The summed E-state index contributed by atoms with van der Waals surface area (Å²) in [5.74, 6) is -0.0442. The van der Waals surface area contributed by atoms with Gasteiger partial charge in [0, 0.05) is 18.0 Å². The third kappa shape index (κ3) is 3.89. The van der Waals surface area contributed by atoms with Crippen LogP contribution in [-0.4, -0.2) is 28.6 Å². The number of aromatic nitrogens is 1. The van der Waals surface area contributed by atoms with E-state index in [2.05, 4.69) is 10.3 Å². The van der Waals surface area contributed by atoms with Crippen molar-refractivity contribution in [3.05, 3.63) is 54.4 Å². The monoisotopic (exact) mass is 284 g/mol. The summed E-state index contributed by atoms with van der Waals surface area (Å²) in [7, 11) is 0. The lowest BCUT2D eigenvalue weighted by Gasteiger charge is -2.19. The lowest BCUT2D eigenvalue weighted by atomic mass is 10.0. The van der Waals surface area contributed by atoms with E-state index in [0.717, 1.165) is 11.1 Å². The highest BCUT2D eigenvalue weighted by molar-refractivity contribution is 5.95. The third-order valence-electron chi connectivity index (χ3n) is 3.43. The molecule has 0 aliphatic heterocycles. The number of nitrogens with one attached hydrogen (secondary N) is 1. The Morgan fingerprint density at radius 1 is 1.19 bits per heavy atom. The lowest BCUT2D eigenvalue weighted by Crippen LogP contribution is -2.41. The van der Waals surface area contributed by atoms with E-state index >= 15 is 0 Å². The minimum absolute atomic E-state index is 0.0742. The molecule has 0 bridgehead atoms. The van der Waals surface area contributed by atoms with E-state index in [1.54, 1.807) is 6.20 Å². The molecular formula is C17H20N2O2. The molecule has 21 heavy (non-hydrogen) atoms. The fourth-order valence-corrected chi connectivity index (χ4v) is 2.03. The molecule has 1 aromatic carbocycles. The Kier molecular flexibility index (Phi) is 5.06. The first kappa shape index (κ1) is 15.2. The predicted octanol–water partition coefficient (Wildman–Crippen LogP) is 2.50. The minimum atomic E-state index is -0.252. The smallest absolute Gasteiger partial charge is 0.253 e. The molecule has 0 saturated carbocycles. The molecule has 0 unspecified atom stereocenters. The van der Waals surface area contributed by atoms with E-state index in [9.17, 15) is 9.90 Å². The molecule has 1 heterocycles. The summed E-state index contributed by atoms with van der Waals surface area (Å²) in [6, 6.07) is 11.4. The van der Waals surface area contributed by atoms with Crippen LogP contribution in [0.1, 0.15) is 24.2 Å². The quantitative estimate of drug-likeness (QED) is 0.886. The molecule has 2 N–H and O–H groups in total. The van der Waals surface area contributed by atoms with Crippen LogP contribution in [0.15, 0.2) is 48.8 Å². The van der Waals surface area contributed by atoms with E-state index in [4.69, 9.17) is 0 Å². The molecule has 2 aromatic rings. The summed E-state index contributed by atoms with van der Waals surface area (Å²) in [6.07, 6.45) is 3.27. The zero-order valence-corrected chi connectivity index (χ0v) is 12.3. The van der Waals surface area contributed by atoms with Crippen LogP contribution >= 0.6 is 0 Å². The number of aliphatic hydroxyl groups is 1. The number of carbonyl (C=O) groups is 1. The summed E-state index contributed by atoms with van der Waals surface area (Å²) in [5, 5.41) is 12.1. The van der Waals surface area contributed by atoms with Crippen LogP contribution in [-0.2, 0) is 0 Å². The number of hydrogen-bond donors (Lipinski definition) is 2. The summed E-state index contributed by atoms with van der Waals surface area (Å²) >= 11 is 0. The largest absolute Gasteiger partial charge is 0.394 e. The Morgan fingerprint density at radius 2 is 1.90 bits per heavy atom. The van der Waals surface area contributed by atoms with Crippen molar-refractivity contribution in [1.29, 1.82) is 0 Å². The highest BCUT2D eigenvalue weighted by atomic mass is 16.3. The van der Waals surface area contributed by atoms with Gasteiger partial charge in [0.25, 0.3) is 5.91 Å². The SMILES string of the molecule is CC(C)[C@@H](CO)NC(=O)c1cncc(-c2ccccc2)c1. The van der Waals surface area contributed by atoms with Gasteiger partial charge < -0.3 is 10.4 Å². The Morgan fingerprint density at radius 3 is 2.52 bits per heavy atom. The van der Waals surface area contributed by atoms with Gasteiger partial charge in [-0.3, -0.25) is 9.78 Å². The van der Waals surface area contributed by atoms with Crippen molar-refractivity contribution in [3.63, 3.8) is 0 Å². The van der Waals surface area contributed by atoms with Gasteiger partial charge in [0.15, 0.2) is 0 Å². The van der Waals surface area contributed by atoms with E-state index in [1.165, 1.54) is 6.20 Å². The molecule has 0 aliphatic carbocycles. The maximum atomic E-state index is 12.2. The molecular weight excluding hydrogens is 264 g/mol. The number of amides is 1. The number of rotatable bonds is 5. The van der Waals surface area contributed by atoms with Gasteiger partial charge >= 0.3 is 0 Å². The molecule has 4 heteroatoms. The Bertz CT molecular complexity index is 597. The van der Waals surface area contributed by atoms with Crippen molar-refractivity contribution in [2.24, 2.45) is 5.92 Å². The molecule has 0 spiro atoms. The van der Waals surface area contributed by atoms with Gasteiger partial charge in [0.05, 0.1) is 18.2 Å². The topological polar surface area (TPSA) is 62.2 Å². The normalized spacial score (nSPS) is 12.2. The zero-order valence-electron chi connectivity index (χ0n) is 12.3. The first-order valence-corrected chi connectivity index (χ1v) is 7.04. The van der Waals surface area contributed by atoms with Crippen LogP contribution in [0.2, 0.25) is 0 Å². The number of nitrogens with zero attached hydrogens (tertiary/aromatic N) is 1. The predicted molar refractivity (Wildman–Crippen MR) is 82.9 cm³/mol. The van der Waals surface area contributed by atoms with Crippen LogP contribution in [0.4, 0.5) is 0 Å². The van der Waals surface area contributed by atoms with Gasteiger partial charge in [-0.05, 0) is 17.5 Å². The third-order valence-corrected chi connectivity index (χ3v) is 3.43. The summed E-state index contributed by atoms with van der Waals surface area (Å²) in [4.78, 5) is 16.4. The van der Waals surface area contributed by atoms with Crippen molar-refractivity contribution in [3.8, 4) is 11.1 Å². The summed E-state index contributed by atoms with van der Waals surface area (Å²) in [5.41, 5.74) is 2.41. The van der Waals surface area contributed by atoms with Gasteiger partial charge in [-0.2, -0.15) is 0 Å². The van der Waals surface area contributed by atoms with Crippen LogP contribution in [0.5, 0.6) is 0 Å². The maximum Gasteiger partial charge on any atom is 0.253 e. The van der Waals surface area contributed by atoms with E-state index in [0.29, 0.717) is 5.56 Å². The average molecular weight is 284 g/mol. The highest BCUT2D eigenvalue weighted by Gasteiger charge is 2.16. The standard InChI is InChI=1S/C17H20N2O2/c1-12(2)16(11-20)19-17(21)15-8-14(9-18-10-15)13-6-4-3-5-7-13/h3-10,12,16,20H,11H2,1-2H3,(H,19,21)/t16-/m1/s1. The molecule has 1 amide bonds. The van der Waals surface area contributed by atoms with Gasteiger partial charge in [-0.15, -0.1) is 0 Å². The van der Waals surface area contributed by atoms with Crippen molar-refractivity contribution < 1.29 is 9.90 Å². The van der Waals surface area contributed by atoms with Gasteiger partial charge in [0.1, 0.15) is 0 Å². The average Bonchev–Trinajstić information content (AvgIpc) is 2.53. The van der Waals surface area contributed by atoms with Crippen molar-refractivity contribution in [2.75, 3.05) is 6.61 Å². The lowest BCUT2D eigenvalue weighted by molar-refractivity contribution is 0.0896. The minimum Gasteiger partial charge on any atom is -0.394 e. The number of benzene rings is 1. The molecule has 1 aromatic heterocycles. The molecule has 0 radical (unpaired) electrons. The summed E-state index contributed by atoms with van der Waals surface area (Å²) in [6.45, 7) is 3.84. The van der Waals surface area contributed by atoms with E-state index in [1.807, 2.05) is 50.2 Å². The maximum absolute atomic E-state index is 12.2. The van der Waals surface area contributed by atoms with Crippen LogP contribution in [0, 0.1) is 5.92 Å². The number of carbonyl (C=O) groups excluding carboxylic acids is 1. The van der Waals surface area contributed by atoms with Gasteiger partial charge in [-0.1, -0.05) is 44.2 Å². The second-order valence-electron chi connectivity index (χ2n) is 5.33. The number of aliphatic hydroxyl groups excluding tert-OH is 1. The second-order valence-corrected chi connectivity index (χ2v) is 5.33. The zero-order chi connectivity index (χ0) is 15.2. The first-order valence-electron chi connectivity index (χ1n) is 7.04.